The molecule has 0 saturated heterocycles. The van der Waals surface area contributed by atoms with Gasteiger partial charge in [0.15, 0.2) is 0 Å². The number of hydrogen-bond donors (Lipinski definition) is 0. The van der Waals surface area contributed by atoms with Crippen LogP contribution in [-0.2, 0) is 11.2 Å². The number of rotatable bonds is 5. The Kier molecular flexibility index (Phi) is 4.98. The molecule has 2 heteroatoms. The number of carbonyl (C=O) groups is 1. The summed E-state index contributed by atoms with van der Waals surface area (Å²) in [6, 6.07) is 20.7. The lowest BCUT2D eigenvalue weighted by atomic mass is 9.81. The van der Waals surface area contributed by atoms with E-state index in [1.165, 1.54) is 16.3 Å². The fourth-order valence-electron chi connectivity index (χ4n) is 3.14. The Hall–Kier alpha value is -2.48. The van der Waals surface area contributed by atoms with Gasteiger partial charge in [0.25, 0.3) is 0 Å². The topological polar surface area (TPSA) is 30.0 Å². The molecule has 0 aliphatic carbocycles. The van der Waals surface area contributed by atoms with E-state index in [0.29, 0.717) is 12.2 Å². The third-order valence-corrected chi connectivity index (χ3v) is 4.74. The van der Waals surface area contributed by atoms with Crippen LogP contribution in [0.4, 0.5) is 0 Å². The molecule has 0 fully saturated rings. The molecule has 0 aliphatic rings. The third-order valence-electron chi connectivity index (χ3n) is 4.74. The van der Waals surface area contributed by atoms with Crippen LogP contribution in [0, 0.1) is 5.41 Å². The van der Waals surface area contributed by atoms with Gasteiger partial charge in [0.1, 0.15) is 5.78 Å². The third kappa shape index (κ3) is 4.14. The van der Waals surface area contributed by atoms with E-state index in [-0.39, 0.29) is 11.3 Å². The van der Waals surface area contributed by atoms with E-state index in [2.05, 4.69) is 29.2 Å². The Morgan fingerprint density at radius 2 is 1.64 bits per heavy atom. The van der Waals surface area contributed by atoms with Crippen molar-refractivity contribution in [2.45, 2.75) is 39.5 Å². The van der Waals surface area contributed by atoms with Crippen LogP contribution in [-0.4, -0.2) is 10.8 Å². The first-order valence-electron chi connectivity index (χ1n) is 8.86. The van der Waals surface area contributed by atoms with Gasteiger partial charge in [0, 0.05) is 29.1 Å². The maximum Gasteiger partial charge on any atom is 0.138 e. The van der Waals surface area contributed by atoms with E-state index in [1.54, 1.807) is 0 Å². The van der Waals surface area contributed by atoms with Gasteiger partial charge in [-0.05, 0) is 29.4 Å². The maximum atomic E-state index is 12.7. The second-order valence-corrected chi connectivity index (χ2v) is 7.67. The Balaban J connectivity index is 1.96. The van der Waals surface area contributed by atoms with Gasteiger partial charge in [-0.3, -0.25) is 9.78 Å². The molecule has 0 N–H and O–H groups in total. The number of Topliss-reactive ketones (excluding diaryl/α,β-unsaturated/α-hetero) is 1. The number of benzene rings is 2. The van der Waals surface area contributed by atoms with Gasteiger partial charge in [-0.15, -0.1) is 0 Å². The van der Waals surface area contributed by atoms with Gasteiger partial charge in [-0.25, -0.2) is 0 Å². The highest BCUT2D eigenvalue weighted by Crippen LogP contribution is 2.30. The summed E-state index contributed by atoms with van der Waals surface area (Å²) in [5.74, 6) is 0.438. The molecule has 0 saturated carbocycles. The zero-order chi connectivity index (χ0) is 17.9. The Labute approximate surface area is 149 Å². The van der Waals surface area contributed by atoms with E-state index >= 15 is 0 Å². The molecule has 1 atom stereocenters. The first kappa shape index (κ1) is 17.3. The minimum Gasteiger partial charge on any atom is -0.299 e. The zero-order valence-electron chi connectivity index (χ0n) is 15.2. The lowest BCUT2D eigenvalue weighted by Crippen LogP contribution is -2.23. The summed E-state index contributed by atoms with van der Waals surface area (Å²) in [5.41, 5.74) is 1.95. The molecule has 3 rings (SSSR count). The normalized spacial score (nSPS) is 12.9. The SMILES string of the molecule is CC(C)(C)C(=O)CC(Cc1nccc2ccccc12)c1ccccc1. The van der Waals surface area contributed by atoms with Gasteiger partial charge in [0.2, 0.25) is 0 Å². The lowest BCUT2D eigenvalue weighted by Gasteiger charge is -2.23. The van der Waals surface area contributed by atoms with Crippen LogP contribution < -0.4 is 0 Å². The number of carbonyl (C=O) groups excluding carboxylic acids is 1. The summed E-state index contributed by atoms with van der Waals surface area (Å²) in [7, 11) is 0. The molecule has 2 aromatic carbocycles. The number of aromatic nitrogens is 1. The fraction of sp³-hybridized carbons (Fsp3) is 0.304. The van der Waals surface area contributed by atoms with Crippen molar-refractivity contribution in [3.63, 3.8) is 0 Å². The van der Waals surface area contributed by atoms with Gasteiger partial charge < -0.3 is 0 Å². The van der Waals surface area contributed by atoms with Gasteiger partial charge in [0.05, 0.1) is 0 Å². The minimum atomic E-state index is -0.320. The first-order valence-corrected chi connectivity index (χ1v) is 8.86. The van der Waals surface area contributed by atoms with E-state index in [1.807, 2.05) is 63.4 Å². The van der Waals surface area contributed by atoms with Gasteiger partial charge in [-0.1, -0.05) is 75.4 Å². The van der Waals surface area contributed by atoms with E-state index in [4.69, 9.17) is 0 Å². The molecule has 128 valence electrons. The molecule has 0 radical (unpaired) electrons. The molecule has 25 heavy (non-hydrogen) atoms. The van der Waals surface area contributed by atoms with E-state index < -0.39 is 0 Å². The summed E-state index contributed by atoms with van der Waals surface area (Å²) in [4.78, 5) is 17.3. The maximum absolute atomic E-state index is 12.7. The van der Waals surface area contributed by atoms with Crippen molar-refractivity contribution in [1.82, 2.24) is 4.98 Å². The van der Waals surface area contributed by atoms with Crippen molar-refractivity contribution in [1.29, 1.82) is 0 Å². The number of fused-ring (bicyclic) bond motifs is 1. The number of pyridine rings is 1. The minimum absolute atomic E-state index is 0.145. The summed E-state index contributed by atoms with van der Waals surface area (Å²) >= 11 is 0. The Morgan fingerprint density at radius 1 is 0.960 bits per heavy atom. The van der Waals surface area contributed by atoms with Crippen LogP contribution in [0.3, 0.4) is 0 Å². The summed E-state index contributed by atoms with van der Waals surface area (Å²) in [5, 5.41) is 2.37. The monoisotopic (exact) mass is 331 g/mol. The van der Waals surface area contributed by atoms with E-state index in [9.17, 15) is 4.79 Å². The Morgan fingerprint density at radius 3 is 2.36 bits per heavy atom. The molecule has 0 bridgehead atoms. The molecule has 0 spiro atoms. The van der Waals surface area contributed by atoms with Crippen molar-refractivity contribution < 1.29 is 4.79 Å². The van der Waals surface area contributed by atoms with Gasteiger partial charge in [-0.2, -0.15) is 0 Å². The quantitative estimate of drug-likeness (QED) is 0.612. The van der Waals surface area contributed by atoms with Crippen LogP contribution >= 0.6 is 0 Å². The highest BCUT2D eigenvalue weighted by molar-refractivity contribution is 5.85. The highest BCUT2D eigenvalue weighted by atomic mass is 16.1. The van der Waals surface area contributed by atoms with Crippen molar-refractivity contribution in [2.24, 2.45) is 5.41 Å². The molecule has 1 unspecified atom stereocenters. The first-order chi connectivity index (χ1) is 11.9. The lowest BCUT2D eigenvalue weighted by molar-refractivity contribution is -0.126. The number of nitrogens with zero attached hydrogens (tertiary/aromatic N) is 1. The van der Waals surface area contributed by atoms with E-state index in [0.717, 1.165) is 12.1 Å². The highest BCUT2D eigenvalue weighted by Gasteiger charge is 2.26. The molecule has 2 nitrogen and oxygen atoms in total. The summed E-state index contributed by atoms with van der Waals surface area (Å²) < 4.78 is 0. The Bertz CT molecular complexity index is 857. The molecular weight excluding hydrogens is 306 g/mol. The second-order valence-electron chi connectivity index (χ2n) is 7.67. The summed E-state index contributed by atoms with van der Waals surface area (Å²) in [6.45, 7) is 5.98. The molecule has 1 aromatic heterocycles. The molecule has 3 aromatic rings. The van der Waals surface area contributed by atoms with Gasteiger partial charge >= 0.3 is 0 Å². The fourth-order valence-corrected chi connectivity index (χ4v) is 3.14. The van der Waals surface area contributed by atoms with Crippen molar-refractivity contribution in [3.8, 4) is 0 Å². The molecular formula is C23H25NO. The average Bonchev–Trinajstić information content (AvgIpc) is 2.61. The van der Waals surface area contributed by atoms with Crippen LogP contribution in [0.5, 0.6) is 0 Å². The standard InChI is InChI=1S/C23H25NO/c1-23(2,3)22(25)16-19(17-9-5-4-6-10-17)15-21-20-12-8-7-11-18(20)13-14-24-21/h4-14,19H,15-16H2,1-3H3. The smallest absolute Gasteiger partial charge is 0.138 e. The predicted octanol–water partition coefficient (Wildman–Crippen LogP) is 5.57. The number of ketones is 1. The zero-order valence-corrected chi connectivity index (χ0v) is 15.2. The molecule has 0 amide bonds. The molecule has 1 heterocycles. The largest absolute Gasteiger partial charge is 0.299 e. The van der Waals surface area contributed by atoms with Crippen molar-refractivity contribution in [3.05, 3.63) is 78.1 Å². The van der Waals surface area contributed by atoms with Crippen molar-refractivity contribution >= 4 is 16.6 Å². The van der Waals surface area contributed by atoms with Crippen LogP contribution in [0.25, 0.3) is 10.8 Å². The van der Waals surface area contributed by atoms with Crippen LogP contribution in [0.2, 0.25) is 0 Å². The van der Waals surface area contributed by atoms with Crippen molar-refractivity contribution in [2.75, 3.05) is 0 Å². The molecule has 0 aliphatic heterocycles. The second kappa shape index (κ2) is 7.18. The van der Waals surface area contributed by atoms with Crippen LogP contribution in [0.15, 0.2) is 66.9 Å². The predicted molar refractivity (Wildman–Crippen MR) is 104 cm³/mol. The summed E-state index contributed by atoms with van der Waals surface area (Å²) in [6.07, 6.45) is 3.18. The average molecular weight is 331 g/mol. The number of hydrogen-bond acceptors (Lipinski definition) is 2. The van der Waals surface area contributed by atoms with Crippen LogP contribution in [0.1, 0.15) is 44.4 Å².